The number of halogens is 3. The second-order valence-electron chi connectivity index (χ2n) is 5.83. The monoisotopic (exact) mass is 393 g/mol. The molecule has 150 valence electrons. The van der Waals surface area contributed by atoms with Gasteiger partial charge in [0.25, 0.3) is 0 Å². The van der Waals surface area contributed by atoms with Crippen molar-refractivity contribution in [1.82, 2.24) is 10.3 Å². The van der Waals surface area contributed by atoms with E-state index >= 15 is 0 Å². The lowest BCUT2D eigenvalue weighted by Crippen LogP contribution is -2.23. The highest BCUT2D eigenvalue weighted by molar-refractivity contribution is 5.92. The van der Waals surface area contributed by atoms with E-state index in [2.05, 4.69) is 19.9 Å². The summed E-state index contributed by atoms with van der Waals surface area (Å²) in [6.07, 6.45) is -0.672. The van der Waals surface area contributed by atoms with E-state index in [1.807, 2.05) is 26.0 Å². The molecule has 0 radical (unpaired) electrons. The summed E-state index contributed by atoms with van der Waals surface area (Å²) in [7, 11) is 0. The van der Waals surface area contributed by atoms with Crippen LogP contribution in [0.15, 0.2) is 48.7 Å². The van der Waals surface area contributed by atoms with E-state index in [1.54, 1.807) is 12.3 Å². The van der Waals surface area contributed by atoms with Crippen LogP contribution in [0.4, 0.5) is 19.0 Å². The number of hydrogen-bond acceptors (Lipinski definition) is 4. The van der Waals surface area contributed by atoms with Crippen LogP contribution in [0.25, 0.3) is 6.08 Å². The summed E-state index contributed by atoms with van der Waals surface area (Å²) in [6, 6.07) is 9.36. The van der Waals surface area contributed by atoms with Gasteiger partial charge in [0.1, 0.15) is 11.6 Å². The van der Waals surface area contributed by atoms with Gasteiger partial charge in [-0.2, -0.15) is 0 Å². The molecule has 0 aliphatic rings. The van der Waals surface area contributed by atoms with Crippen LogP contribution in [0.2, 0.25) is 0 Å². The fourth-order valence-corrected chi connectivity index (χ4v) is 2.51. The summed E-state index contributed by atoms with van der Waals surface area (Å²) in [5, 5.41) is 2.67. The molecule has 0 saturated carbocycles. The highest BCUT2D eigenvalue weighted by Gasteiger charge is 2.31. The van der Waals surface area contributed by atoms with E-state index in [1.165, 1.54) is 24.3 Å². The third kappa shape index (κ3) is 6.61. The minimum Gasteiger partial charge on any atom is -0.405 e. The van der Waals surface area contributed by atoms with Gasteiger partial charge in [0.2, 0.25) is 5.91 Å². The quantitative estimate of drug-likeness (QED) is 0.685. The molecular weight excluding hydrogens is 371 g/mol. The molecule has 0 bridgehead atoms. The molecule has 0 aliphatic carbocycles. The van der Waals surface area contributed by atoms with Crippen LogP contribution in [0.1, 0.15) is 25.0 Å². The molecule has 1 amide bonds. The number of ether oxygens (including phenoxy) is 1. The Morgan fingerprint density at radius 3 is 2.50 bits per heavy atom. The third-order valence-electron chi connectivity index (χ3n) is 3.92. The second kappa shape index (κ2) is 9.77. The van der Waals surface area contributed by atoms with Crippen LogP contribution < -0.4 is 15.0 Å². The molecule has 1 heterocycles. The predicted molar refractivity (Wildman–Crippen MR) is 102 cm³/mol. The third-order valence-corrected chi connectivity index (χ3v) is 3.92. The zero-order chi connectivity index (χ0) is 20.6. The Balaban J connectivity index is 1.94. The van der Waals surface area contributed by atoms with Gasteiger partial charge >= 0.3 is 6.36 Å². The predicted octanol–water partition coefficient (Wildman–Crippen LogP) is 4.16. The molecule has 0 fully saturated rings. The van der Waals surface area contributed by atoms with Gasteiger partial charge in [0.05, 0.1) is 0 Å². The lowest BCUT2D eigenvalue weighted by molar-refractivity contribution is -0.274. The smallest absolute Gasteiger partial charge is 0.405 e. The van der Waals surface area contributed by atoms with Crippen LogP contribution >= 0.6 is 0 Å². The van der Waals surface area contributed by atoms with Gasteiger partial charge in [0, 0.05) is 37.5 Å². The first-order chi connectivity index (χ1) is 13.3. The minimum absolute atomic E-state index is 0.153. The molecule has 5 nitrogen and oxygen atoms in total. The van der Waals surface area contributed by atoms with Crippen molar-refractivity contribution in [2.45, 2.75) is 26.8 Å². The molecule has 0 spiro atoms. The van der Waals surface area contributed by atoms with Crippen LogP contribution in [-0.2, 0) is 11.3 Å². The molecule has 28 heavy (non-hydrogen) atoms. The standard InChI is InChI=1S/C20H22F3N3O2/c1-3-26(4-2)18-11-9-15(13-24-18)14-25-19(27)12-10-16-7-5-6-8-17(16)28-20(21,22)23/h5-13H,3-4,14H2,1-2H3,(H,25,27)/b12-10+. The van der Waals surface area contributed by atoms with Gasteiger partial charge in [0.15, 0.2) is 0 Å². The Hall–Kier alpha value is -3.03. The lowest BCUT2D eigenvalue weighted by Gasteiger charge is -2.19. The van der Waals surface area contributed by atoms with E-state index < -0.39 is 12.3 Å². The summed E-state index contributed by atoms with van der Waals surface area (Å²) in [5.41, 5.74) is 0.971. The molecule has 8 heteroatoms. The molecule has 0 unspecified atom stereocenters. The number of anilines is 1. The second-order valence-corrected chi connectivity index (χ2v) is 5.83. The average molecular weight is 393 g/mol. The molecule has 0 atom stereocenters. The number of para-hydroxylation sites is 1. The molecule has 2 rings (SSSR count). The number of rotatable bonds is 8. The first-order valence-electron chi connectivity index (χ1n) is 8.83. The minimum atomic E-state index is -4.80. The van der Waals surface area contributed by atoms with Crippen molar-refractivity contribution in [3.05, 3.63) is 59.8 Å². The molecule has 1 N–H and O–H groups in total. The van der Waals surface area contributed by atoms with Crippen molar-refractivity contribution in [1.29, 1.82) is 0 Å². The van der Waals surface area contributed by atoms with Crippen LogP contribution in [-0.4, -0.2) is 30.3 Å². The molecule has 0 saturated heterocycles. The SMILES string of the molecule is CCN(CC)c1ccc(CNC(=O)/C=C/c2ccccc2OC(F)(F)F)cn1. The van der Waals surface area contributed by atoms with Crippen molar-refractivity contribution < 1.29 is 22.7 Å². The summed E-state index contributed by atoms with van der Waals surface area (Å²) < 4.78 is 41.2. The zero-order valence-electron chi connectivity index (χ0n) is 15.7. The largest absolute Gasteiger partial charge is 0.573 e. The van der Waals surface area contributed by atoms with E-state index in [0.717, 1.165) is 30.5 Å². The normalized spacial score (nSPS) is 11.5. The fourth-order valence-electron chi connectivity index (χ4n) is 2.51. The summed E-state index contributed by atoms with van der Waals surface area (Å²) >= 11 is 0. The molecule has 2 aromatic rings. The Morgan fingerprint density at radius 2 is 1.89 bits per heavy atom. The first-order valence-corrected chi connectivity index (χ1v) is 8.83. The zero-order valence-corrected chi connectivity index (χ0v) is 15.7. The maximum atomic E-state index is 12.4. The maximum absolute atomic E-state index is 12.4. The Kier molecular flexibility index (Phi) is 7.43. The van der Waals surface area contributed by atoms with Crippen molar-refractivity contribution in [2.75, 3.05) is 18.0 Å². The van der Waals surface area contributed by atoms with Gasteiger partial charge in [-0.15, -0.1) is 13.2 Å². The Morgan fingerprint density at radius 1 is 1.18 bits per heavy atom. The number of benzene rings is 1. The molecule has 1 aromatic carbocycles. The first kappa shape index (κ1) is 21.3. The number of nitrogens with one attached hydrogen (secondary N) is 1. The molecular formula is C20H22F3N3O2. The fraction of sp³-hybridized carbons (Fsp3) is 0.300. The number of aromatic nitrogens is 1. The highest BCUT2D eigenvalue weighted by Crippen LogP contribution is 2.26. The number of alkyl halides is 3. The van der Waals surface area contributed by atoms with Crippen LogP contribution in [0.5, 0.6) is 5.75 Å². The maximum Gasteiger partial charge on any atom is 0.573 e. The number of carbonyl (C=O) groups excluding carboxylic acids is 1. The van der Waals surface area contributed by atoms with Crippen molar-refractivity contribution in [3.8, 4) is 5.75 Å². The van der Waals surface area contributed by atoms with E-state index in [-0.39, 0.29) is 17.9 Å². The van der Waals surface area contributed by atoms with Crippen molar-refractivity contribution in [3.63, 3.8) is 0 Å². The van der Waals surface area contributed by atoms with Gasteiger partial charge in [-0.05, 0) is 37.6 Å². The van der Waals surface area contributed by atoms with Crippen LogP contribution in [0.3, 0.4) is 0 Å². The van der Waals surface area contributed by atoms with E-state index in [4.69, 9.17) is 0 Å². The molecule has 0 aliphatic heterocycles. The van der Waals surface area contributed by atoms with Gasteiger partial charge in [-0.25, -0.2) is 4.98 Å². The topological polar surface area (TPSA) is 54.5 Å². The van der Waals surface area contributed by atoms with Crippen molar-refractivity contribution >= 4 is 17.8 Å². The summed E-state index contributed by atoms with van der Waals surface area (Å²) in [6.45, 7) is 6.05. The molecule has 1 aromatic heterocycles. The number of pyridine rings is 1. The van der Waals surface area contributed by atoms with E-state index in [0.29, 0.717) is 0 Å². The summed E-state index contributed by atoms with van der Waals surface area (Å²) in [5.74, 6) is 0.0612. The Bertz CT molecular complexity index is 801. The highest BCUT2D eigenvalue weighted by atomic mass is 19.4. The average Bonchev–Trinajstić information content (AvgIpc) is 2.66. The van der Waals surface area contributed by atoms with Gasteiger partial charge in [-0.3, -0.25) is 4.79 Å². The van der Waals surface area contributed by atoms with Gasteiger partial charge in [-0.1, -0.05) is 24.3 Å². The number of hydrogen-bond donors (Lipinski definition) is 1. The van der Waals surface area contributed by atoms with Gasteiger partial charge < -0.3 is 15.0 Å². The summed E-state index contributed by atoms with van der Waals surface area (Å²) in [4.78, 5) is 18.4. The number of nitrogens with zero attached hydrogens (tertiary/aromatic N) is 2. The number of amides is 1. The number of carbonyl (C=O) groups is 1. The van der Waals surface area contributed by atoms with E-state index in [9.17, 15) is 18.0 Å². The van der Waals surface area contributed by atoms with Crippen molar-refractivity contribution in [2.24, 2.45) is 0 Å². The van der Waals surface area contributed by atoms with Crippen LogP contribution in [0, 0.1) is 0 Å². The Labute approximate surface area is 161 Å². The lowest BCUT2D eigenvalue weighted by atomic mass is 10.2.